The van der Waals surface area contributed by atoms with Gasteiger partial charge in [-0.1, -0.05) is 0 Å². The Kier molecular flexibility index (Phi) is 7.65. The van der Waals surface area contributed by atoms with Crippen LogP contribution in [0.4, 0.5) is 20.2 Å². The molecule has 0 aromatic carbocycles. The zero-order valence-electron chi connectivity index (χ0n) is 22.8. The molecule has 0 radical (unpaired) electrons. The molecule has 216 valence electrons. The van der Waals surface area contributed by atoms with Gasteiger partial charge in [0, 0.05) is 30.8 Å². The van der Waals surface area contributed by atoms with Crippen LogP contribution in [0.15, 0.2) is 49.1 Å². The second-order valence-corrected chi connectivity index (χ2v) is 11.1. The van der Waals surface area contributed by atoms with Crippen LogP contribution in [0.2, 0.25) is 0 Å². The highest BCUT2D eigenvalue weighted by Crippen LogP contribution is 2.35. The van der Waals surface area contributed by atoms with Gasteiger partial charge in [0.25, 0.3) is 12.3 Å². The quantitative estimate of drug-likeness (QED) is 0.269. The largest absolute Gasteiger partial charge is 0.352 e. The molecule has 0 bridgehead atoms. The average molecular weight is 573 g/mol. The number of fused-ring (bicyclic) bond motifs is 1. The van der Waals surface area contributed by atoms with Gasteiger partial charge in [0.2, 0.25) is 0 Å². The number of ketones is 1. The van der Waals surface area contributed by atoms with Gasteiger partial charge in [0.15, 0.2) is 0 Å². The summed E-state index contributed by atoms with van der Waals surface area (Å²) in [7, 11) is 0. The van der Waals surface area contributed by atoms with Gasteiger partial charge in [-0.05, 0) is 68.7 Å². The molecule has 2 aliphatic rings. The number of carbonyl (C=O) groups is 2. The molecule has 4 aromatic heterocycles. The fourth-order valence-corrected chi connectivity index (χ4v) is 5.59. The number of amides is 1. The van der Waals surface area contributed by atoms with Crippen LogP contribution in [0, 0.1) is 23.2 Å². The minimum absolute atomic E-state index is 0.0146. The maximum Gasteiger partial charge on any atom is 0.257 e. The number of carbonyl (C=O) groups excluding carboxylic acids is 2. The van der Waals surface area contributed by atoms with Crippen LogP contribution in [-0.4, -0.2) is 48.5 Å². The average Bonchev–Trinajstić information content (AvgIpc) is 3.62. The van der Waals surface area contributed by atoms with E-state index in [1.54, 1.807) is 16.6 Å². The lowest BCUT2D eigenvalue weighted by Crippen LogP contribution is -2.38. The molecule has 10 nitrogen and oxygen atoms in total. The molecule has 0 atom stereocenters. The monoisotopic (exact) mass is 572 g/mol. The van der Waals surface area contributed by atoms with Crippen molar-refractivity contribution in [1.29, 1.82) is 5.26 Å². The molecule has 2 fully saturated rings. The fourth-order valence-electron chi connectivity index (χ4n) is 5.59. The topological polar surface area (TPSA) is 130 Å². The molecule has 2 aliphatic carbocycles. The SMILES string of the molecule is N#Cc1cnn2c(-c3cc(Nc4cnn(CC(F)F)c4)c(C(=O)NC4CCC(CC(=O)C5CC5)CC4)cn3)ccc2c1. The van der Waals surface area contributed by atoms with Crippen molar-refractivity contribution in [3.63, 3.8) is 0 Å². The number of halogens is 2. The molecule has 0 spiro atoms. The van der Waals surface area contributed by atoms with E-state index >= 15 is 0 Å². The second-order valence-electron chi connectivity index (χ2n) is 11.1. The number of pyridine rings is 1. The smallest absolute Gasteiger partial charge is 0.257 e. The van der Waals surface area contributed by atoms with Gasteiger partial charge in [-0.2, -0.15) is 15.5 Å². The zero-order chi connectivity index (χ0) is 29.2. The molecular weight excluding hydrogens is 542 g/mol. The Hall–Kier alpha value is -4.66. The first kappa shape index (κ1) is 27.5. The number of nitrogens with one attached hydrogen (secondary N) is 2. The molecule has 42 heavy (non-hydrogen) atoms. The molecule has 12 heteroatoms. The Bertz CT molecular complexity index is 1660. The van der Waals surface area contributed by atoms with Gasteiger partial charge in [-0.15, -0.1) is 0 Å². The first-order valence-corrected chi connectivity index (χ1v) is 14.2. The third-order valence-electron chi connectivity index (χ3n) is 7.98. The molecule has 0 aliphatic heterocycles. The lowest BCUT2D eigenvalue weighted by Gasteiger charge is -2.29. The second kappa shape index (κ2) is 11.7. The van der Waals surface area contributed by atoms with Crippen molar-refractivity contribution in [2.24, 2.45) is 11.8 Å². The summed E-state index contributed by atoms with van der Waals surface area (Å²) in [5.74, 6) is 0.745. The molecule has 2 saturated carbocycles. The number of Topliss-reactive ketones (excluding diaryl/α,β-unsaturated/α-hetero) is 1. The summed E-state index contributed by atoms with van der Waals surface area (Å²) >= 11 is 0. The van der Waals surface area contributed by atoms with E-state index in [1.807, 2.05) is 12.1 Å². The van der Waals surface area contributed by atoms with Crippen molar-refractivity contribution in [1.82, 2.24) is 29.7 Å². The number of hydrogen-bond donors (Lipinski definition) is 2. The molecule has 4 heterocycles. The minimum atomic E-state index is -2.55. The summed E-state index contributed by atoms with van der Waals surface area (Å²) in [5, 5.41) is 23.8. The van der Waals surface area contributed by atoms with Crippen molar-refractivity contribution in [2.75, 3.05) is 5.32 Å². The number of hydrogen-bond acceptors (Lipinski definition) is 7. The Labute approximate surface area is 240 Å². The lowest BCUT2D eigenvalue weighted by atomic mass is 9.82. The summed E-state index contributed by atoms with van der Waals surface area (Å²) in [6, 6.07) is 9.12. The Balaban J connectivity index is 1.23. The van der Waals surface area contributed by atoms with Gasteiger partial charge in [-0.25, -0.2) is 13.3 Å². The molecule has 0 saturated heterocycles. The number of nitrogens with zero attached hydrogens (tertiary/aromatic N) is 6. The van der Waals surface area contributed by atoms with Crippen LogP contribution in [0.25, 0.3) is 16.9 Å². The van der Waals surface area contributed by atoms with Gasteiger partial charge < -0.3 is 10.6 Å². The molecule has 1 amide bonds. The Morgan fingerprint density at radius 2 is 1.86 bits per heavy atom. The highest BCUT2D eigenvalue weighted by molar-refractivity contribution is 6.00. The Morgan fingerprint density at radius 1 is 1.05 bits per heavy atom. The molecule has 2 N–H and O–H groups in total. The van der Waals surface area contributed by atoms with Crippen molar-refractivity contribution in [3.8, 4) is 17.5 Å². The summed E-state index contributed by atoms with van der Waals surface area (Å²) in [4.78, 5) is 30.3. The van der Waals surface area contributed by atoms with Crippen molar-refractivity contribution < 1.29 is 18.4 Å². The van der Waals surface area contributed by atoms with E-state index < -0.39 is 13.0 Å². The van der Waals surface area contributed by atoms with Crippen molar-refractivity contribution in [3.05, 3.63) is 60.2 Å². The Morgan fingerprint density at radius 3 is 2.60 bits per heavy atom. The van der Waals surface area contributed by atoms with Gasteiger partial charge in [0.05, 0.1) is 51.8 Å². The maximum absolute atomic E-state index is 13.5. The summed E-state index contributed by atoms with van der Waals surface area (Å²) in [6.45, 7) is -0.544. The molecule has 0 unspecified atom stereocenters. The van der Waals surface area contributed by atoms with Crippen molar-refractivity contribution in [2.45, 2.75) is 64.0 Å². The highest BCUT2D eigenvalue weighted by atomic mass is 19.3. The standard InChI is InChI=1S/C30H30F2N8O2/c31-29(32)17-39-16-22(14-35-39)37-25-11-26(27-8-7-23-9-19(12-33)13-36-40(23)27)34-15-24(25)30(42)38-21-5-1-18(2-6-21)10-28(41)20-3-4-20/h7-9,11,13-16,18,20-21,29H,1-6,10,17H2,(H,34,37)(H,38,42). The van der Waals surface area contributed by atoms with E-state index in [4.69, 9.17) is 0 Å². The van der Waals surface area contributed by atoms with Gasteiger partial charge in [-0.3, -0.25) is 19.3 Å². The van der Waals surface area contributed by atoms with E-state index in [9.17, 15) is 23.6 Å². The van der Waals surface area contributed by atoms with Gasteiger partial charge >= 0.3 is 0 Å². The van der Waals surface area contributed by atoms with Crippen LogP contribution in [0.3, 0.4) is 0 Å². The first-order chi connectivity index (χ1) is 20.4. The summed E-state index contributed by atoms with van der Waals surface area (Å²) in [5.41, 5.74) is 3.49. The molecule has 6 rings (SSSR count). The normalized spacial score (nSPS) is 18.6. The molecular formula is C30H30F2N8O2. The number of aromatic nitrogens is 5. The zero-order valence-corrected chi connectivity index (χ0v) is 22.8. The van der Waals surface area contributed by atoms with Crippen LogP contribution in [0.1, 0.15) is 60.9 Å². The van der Waals surface area contributed by atoms with Crippen molar-refractivity contribution >= 4 is 28.6 Å². The third kappa shape index (κ3) is 6.15. The number of alkyl halides is 2. The van der Waals surface area contributed by atoms with Crippen LogP contribution >= 0.6 is 0 Å². The van der Waals surface area contributed by atoms with E-state index in [0.717, 1.165) is 43.2 Å². The maximum atomic E-state index is 13.5. The highest BCUT2D eigenvalue weighted by Gasteiger charge is 2.32. The van der Waals surface area contributed by atoms with Gasteiger partial charge in [0.1, 0.15) is 18.4 Å². The third-order valence-corrected chi connectivity index (χ3v) is 7.98. The minimum Gasteiger partial charge on any atom is -0.352 e. The van der Waals surface area contributed by atoms with E-state index in [-0.39, 0.29) is 17.9 Å². The molecule has 4 aromatic rings. The number of rotatable bonds is 10. The lowest BCUT2D eigenvalue weighted by molar-refractivity contribution is -0.121. The predicted molar refractivity (Wildman–Crippen MR) is 150 cm³/mol. The summed E-state index contributed by atoms with van der Waals surface area (Å²) in [6.07, 6.45) is 9.38. The fraction of sp³-hybridized carbons (Fsp3) is 0.400. The first-order valence-electron chi connectivity index (χ1n) is 14.2. The van der Waals surface area contributed by atoms with E-state index in [2.05, 4.69) is 31.9 Å². The predicted octanol–water partition coefficient (Wildman–Crippen LogP) is 5.13. The number of anilines is 2. The van der Waals surface area contributed by atoms with Crippen LogP contribution in [0.5, 0.6) is 0 Å². The number of nitriles is 1. The van der Waals surface area contributed by atoms with Crippen LogP contribution in [-0.2, 0) is 11.3 Å². The summed E-state index contributed by atoms with van der Waals surface area (Å²) < 4.78 is 28.5. The van der Waals surface area contributed by atoms with E-state index in [1.165, 1.54) is 24.8 Å². The van der Waals surface area contributed by atoms with E-state index in [0.29, 0.717) is 57.5 Å². The van der Waals surface area contributed by atoms with Crippen LogP contribution < -0.4 is 10.6 Å².